The minimum Gasteiger partial charge on any atom is -0.481 e. The van der Waals surface area contributed by atoms with Gasteiger partial charge in [0.1, 0.15) is 23.3 Å². The Hall–Kier alpha value is -3.86. The summed E-state index contributed by atoms with van der Waals surface area (Å²) in [5.41, 5.74) is -0.675. The van der Waals surface area contributed by atoms with Crippen LogP contribution in [0.15, 0.2) is 57.9 Å². The monoisotopic (exact) mass is 446 g/mol. The first-order valence-corrected chi connectivity index (χ1v) is 10.8. The van der Waals surface area contributed by atoms with Crippen LogP contribution in [0.2, 0.25) is 0 Å². The molecule has 0 bridgehead atoms. The van der Waals surface area contributed by atoms with Gasteiger partial charge in [0.25, 0.3) is 0 Å². The molecule has 1 heterocycles. The molecule has 0 atom stereocenters. The summed E-state index contributed by atoms with van der Waals surface area (Å²) in [5.74, 6) is -1.36. The smallest absolute Gasteiger partial charge is 0.303 e. The summed E-state index contributed by atoms with van der Waals surface area (Å²) in [6.07, 6.45) is 1.27. The van der Waals surface area contributed by atoms with Crippen molar-refractivity contribution in [2.75, 3.05) is 16.3 Å². The van der Waals surface area contributed by atoms with Gasteiger partial charge in [-0.3, -0.25) is 19.1 Å². The van der Waals surface area contributed by atoms with Crippen molar-refractivity contribution in [1.29, 1.82) is 0 Å². The van der Waals surface area contributed by atoms with E-state index in [4.69, 9.17) is 14.3 Å². The fraction of sp³-hybridized carbons (Fsp3) is 0.150. The maximum absolute atomic E-state index is 12.8. The summed E-state index contributed by atoms with van der Waals surface area (Å²) >= 11 is 0. The molecule has 0 unspecified atom stereocenters. The predicted molar refractivity (Wildman–Crippen MR) is 113 cm³/mol. The zero-order chi connectivity index (χ0) is 22.6. The van der Waals surface area contributed by atoms with E-state index in [1.807, 2.05) is 0 Å². The number of sulfonamides is 1. The number of nitrogens with one attached hydrogen (secondary N) is 2. The molecule has 3 aromatic rings. The number of para-hydroxylation sites is 1. The molecule has 0 aliphatic heterocycles. The van der Waals surface area contributed by atoms with Crippen molar-refractivity contribution >= 4 is 44.2 Å². The quantitative estimate of drug-likeness (QED) is 0.478. The van der Waals surface area contributed by atoms with Gasteiger partial charge in [-0.25, -0.2) is 8.42 Å². The topological polar surface area (TPSA) is 152 Å². The van der Waals surface area contributed by atoms with E-state index in [1.165, 1.54) is 12.1 Å². The van der Waals surface area contributed by atoms with Crippen molar-refractivity contribution in [3.8, 4) is 11.5 Å². The summed E-state index contributed by atoms with van der Waals surface area (Å²) in [7, 11) is -3.66. The Morgan fingerprint density at radius 1 is 1.10 bits per heavy atom. The van der Waals surface area contributed by atoms with E-state index in [-0.39, 0.29) is 40.9 Å². The van der Waals surface area contributed by atoms with Gasteiger partial charge in [-0.2, -0.15) is 0 Å². The van der Waals surface area contributed by atoms with E-state index in [0.717, 1.165) is 12.5 Å². The van der Waals surface area contributed by atoms with E-state index in [1.54, 1.807) is 30.3 Å². The number of hydrogen-bond donors (Lipinski definition) is 3. The highest BCUT2D eigenvalue weighted by Gasteiger charge is 2.17. The number of rotatable bonds is 8. The first-order valence-electron chi connectivity index (χ1n) is 8.94. The number of fused-ring (bicyclic) bond motifs is 1. The SMILES string of the molecule is CS(=O)(=O)Nc1cc2occ(NC(=O)CCC(=O)O)c(=O)c2cc1Oc1ccccc1. The van der Waals surface area contributed by atoms with Gasteiger partial charge in [0.2, 0.25) is 21.4 Å². The summed E-state index contributed by atoms with van der Waals surface area (Å²) in [5, 5.41) is 11.0. The van der Waals surface area contributed by atoms with Crippen LogP contribution >= 0.6 is 0 Å². The average Bonchev–Trinajstić information content (AvgIpc) is 2.69. The fourth-order valence-electron chi connectivity index (χ4n) is 2.65. The van der Waals surface area contributed by atoms with Gasteiger partial charge in [0.05, 0.1) is 23.8 Å². The molecule has 11 heteroatoms. The summed E-state index contributed by atoms with van der Waals surface area (Å²) in [6, 6.07) is 11.1. The number of carboxylic acid groups (broad SMARTS) is 1. The molecule has 1 amide bonds. The Labute approximate surface area is 176 Å². The van der Waals surface area contributed by atoms with Gasteiger partial charge in [-0.15, -0.1) is 0 Å². The number of anilines is 2. The Bertz CT molecular complexity index is 1300. The lowest BCUT2D eigenvalue weighted by molar-refractivity contribution is -0.138. The third-order valence-electron chi connectivity index (χ3n) is 3.98. The van der Waals surface area contributed by atoms with Crippen LogP contribution in [0, 0.1) is 0 Å². The van der Waals surface area contributed by atoms with E-state index in [0.29, 0.717) is 5.75 Å². The second kappa shape index (κ2) is 8.88. The van der Waals surface area contributed by atoms with E-state index >= 15 is 0 Å². The maximum Gasteiger partial charge on any atom is 0.303 e. The molecule has 3 N–H and O–H groups in total. The molecule has 0 saturated carbocycles. The minimum absolute atomic E-state index is 0.0287. The number of aliphatic carboxylic acids is 1. The molecule has 0 aliphatic rings. The molecular weight excluding hydrogens is 428 g/mol. The normalized spacial score (nSPS) is 11.1. The number of hydrogen-bond acceptors (Lipinski definition) is 7. The van der Waals surface area contributed by atoms with Crippen LogP contribution in [-0.4, -0.2) is 31.7 Å². The zero-order valence-corrected chi connectivity index (χ0v) is 17.1. The minimum atomic E-state index is -3.66. The van der Waals surface area contributed by atoms with Crippen molar-refractivity contribution in [3.05, 3.63) is 59.0 Å². The summed E-state index contributed by atoms with van der Waals surface area (Å²) in [4.78, 5) is 35.3. The number of carboxylic acids is 1. The lowest BCUT2D eigenvalue weighted by Gasteiger charge is -2.13. The fourth-order valence-corrected chi connectivity index (χ4v) is 3.21. The van der Waals surface area contributed by atoms with Crippen molar-refractivity contribution in [2.24, 2.45) is 0 Å². The van der Waals surface area contributed by atoms with Crippen LogP contribution in [0.25, 0.3) is 11.0 Å². The highest BCUT2D eigenvalue weighted by atomic mass is 32.2. The highest BCUT2D eigenvalue weighted by molar-refractivity contribution is 7.92. The highest BCUT2D eigenvalue weighted by Crippen LogP contribution is 2.34. The molecule has 1 aromatic heterocycles. The van der Waals surface area contributed by atoms with Crippen LogP contribution in [0.1, 0.15) is 12.8 Å². The third kappa shape index (κ3) is 5.82. The van der Waals surface area contributed by atoms with Crippen LogP contribution < -0.4 is 20.2 Å². The number of amides is 1. The largest absolute Gasteiger partial charge is 0.481 e. The second-order valence-corrected chi connectivity index (χ2v) is 8.30. The first kappa shape index (κ1) is 21.8. The van der Waals surface area contributed by atoms with Crippen molar-refractivity contribution < 1.29 is 32.3 Å². The number of carbonyl (C=O) groups is 2. The summed E-state index contributed by atoms with van der Waals surface area (Å²) in [6.45, 7) is 0. The molecule has 0 radical (unpaired) electrons. The molecule has 0 saturated heterocycles. The van der Waals surface area contributed by atoms with Crippen LogP contribution in [0.4, 0.5) is 11.4 Å². The zero-order valence-electron chi connectivity index (χ0n) is 16.2. The van der Waals surface area contributed by atoms with Gasteiger partial charge < -0.3 is 19.6 Å². The van der Waals surface area contributed by atoms with Gasteiger partial charge in [-0.1, -0.05) is 18.2 Å². The van der Waals surface area contributed by atoms with Crippen molar-refractivity contribution in [2.45, 2.75) is 12.8 Å². The first-order chi connectivity index (χ1) is 14.6. The molecule has 0 spiro atoms. The van der Waals surface area contributed by atoms with Crippen molar-refractivity contribution in [3.63, 3.8) is 0 Å². The lowest BCUT2D eigenvalue weighted by Crippen LogP contribution is -2.19. The van der Waals surface area contributed by atoms with E-state index in [9.17, 15) is 22.8 Å². The maximum atomic E-state index is 12.8. The van der Waals surface area contributed by atoms with Gasteiger partial charge >= 0.3 is 5.97 Å². The Kier molecular flexibility index (Phi) is 6.25. The van der Waals surface area contributed by atoms with Crippen LogP contribution in [0.3, 0.4) is 0 Å². The number of carbonyl (C=O) groups excluding carboxylic acids is 1. The molecular formula is C20H18N2O8S. The molecule has 3 rings (SSSR count). The molecule has 10 nitrogen and oxygen atoms in total. The third-order valence-corrected chi connectivity index (χ3v) is 4.57. The molecule has 2 aromatic carbocycles. The Morgan fingerprint density at radius 3 is 2.45 bits per heavy atom. The van der Waals surface area contributed by atoms with Gasteiger partial charge in [-0.05, 0) is 18.2 Å². The Balaban J connectivity index is 2.03. The lowest BCUT2D eigenvalue weighted by atomic mass is 10.2. The Morgan fingerprint density at radius 2 is 1.81 bits per heavy atom. The van der Waals surface area contributed by atoms with E-state index < -0.39 is 27.3 Å². The summed E-state index contributed by atoms with van der Waals surface area (Å²) < 4.78 is 36.9. The standard InChI is InChI=1S/C20H18N2O8S/c1-31(27,28)22-14-10-16-13(9-17(14)30-12-5-3-2-4-6-12)20(26)15(11-29-16)21-18(23)7-8-19(24)25/h2-6,9-11,22H,7-8H2,1H3,(H,21,23)(H,24,25). The van der Waals surface area contributed by atoms with Crippen molar-refractivity contribution in [1.82, 2.24) is 0 Å². The van der Waals surface area contributed by atoms with Crippen LogP contribution in [0.5, 0.6) is 11.5 Å². The predicted octanol–water partition coefficient (Wildman–Crippen LogP) is 2.76. The molecule has 31 heavy (non-hydrogen) atoms. The van der Waals surface area contributed by atoms with Crippen LogP contribution in [-0.2, 0) is 19.6 Å². The second-order valence-electron chi connectivity index (χ2n) is 6.55. The molecule has 0 aliphatic carbocycles. The average molecular weight is 446 g/mol. The number of ether oxygens (including phenoxy) is 1. The number of benzene rings is 2. The van der Waals surface area contributed by atoms with Gasteiger partial charge in [0, 0.05) is 12.5 Å². The van der Waals surface area contributed by atoms with Gasteiger partial charge in [0.15, 0.2) is 5.75 Å². The molecule has 162 valence electrons. The molecule has 0 fully saturated rings. The van der Waals surface area contributed by atoms with E-state index in [2.05, 4.69) is 10.0 Å².